The van der Waals surface area contributed by atoms with Gasteiger partial charge in [0.1, 0.15) is 0 Å². The highest BCUT2D eigenvalue weighted by Gasteiger charge is 2.41. The van der Waals surface area contributed by atoms with Crippen molar-refractivity contribution in [3.8, 4) is 113 Å². The van der Waals surface area contributed by atoms with E-state index >= 15 is 0 Å². The second-order valence-electron chi connectivity index (χ2n) is 24.4. The van der Waals surface area contributed by atoms with E-state index < -0.39 is 0 Å². The van der Waals surface area contributed by atoms with Crippen LogP contribution in [0.1, 0.15) is 45.2 Å². The monoisotopic (exact) mass is 1230 g/mol. The van der Waals surface area contributed by atoms with Crippen LogP contribution in [0.5, 0.6) is 0 Å². The highest BCUT2D eigenvalue weighted by Crippen LogP contribution is 2.57. The molecule has 0 aliphatic heterocycles. The molecule has 0 saturated heterocycles. The number of aromatic nitrogens is 6. The number of nitrogens with zero attached hydrogens (tertiary/aromatic N) is 6. The van der Waals surface area contributed by atoms with Crippen molar-refractivity contribution in [2.75, 3.05) is 0 Å². The minimum Gasteiger partial charge on any atom is -0.208 e. The Balaban J connectivity index is 0.636. The van der Waals surface area contributed by atoms with E-state index in [2.05, 4.69) is 267 Å². The van der Waals surface area contributed by atoms with Crippen molar-refractivity contribution >= 4 is 63.0 Å². The van der Waals surface area contributed by atoms with E-state index in [1.165, 1.54) is 84.9 Å². The van der Waals surface area contributed by atoms with Gasteiger partial charge in [-0.2, -0.15) is 0 Å². The number of hydrogen-bond acceptors (Lipinski definition) is 8. The van der Waals surface area contributed by atoms with E-state index in [9.17, 15) is 0 Å². The molecule has 13 aromatic carbocycles. The third-order valence-corrected chi connectivity index (χ3v) is 21.3. The molecule has 0 spiro atoms. The average Bonchev–Trinajstić information content (AvgIpc) is 0.922. The first-order valence-electron chi connectivity index (χ1n) is 31.8. The molecule has 20 rings (SSSR count). The van der Waals surface area contributed by atoms with Gasteiger partial charge in [-0.25, -0.2) is 29.9 Å². The van der Waals surface area contributed by atoms with Crippen molar-refractivity contribution in [2.45, 2.75) is 11.8 Å². The van der Waals surface area contributed by atoms with Crippen LogP contribution in [0.3, 0.4) is 0 Å². The van der Waals surface area contributed by atoms with Gasteiger partial charge in [-0.05, 0) is 126 Å². The van der Waals surface area contributed by atoms with Crippen molar-refractivity contribution in [3.05, 3.63) is 337 Å². The van der Waals surface area contributed by atoms with Crippen LogP contribution in [-0.4, -0.2) is 29.9 Å². The van der Waals surface area contributed by atoms with Gasteiger partial charge in [0.05, 0.1) is 0 Å². The summed E-state index contributed by atoms with van der Waals surface area (Å²) in [5.41, 5.74) is 22.8. The van der Waals surface area contributed by atoms with E-state index in [1.807, 2.05) is 59.1 Å². The Morgan fingerprint density at radius 2 is 0.479 bits per heavy atom. The lowest BCUT2D eigenvalue weighted by Gasteiger charge is -2.42. The lowest BCUT2D eigenvalue weighted by molar-refractivity contribution is 0.755. The predicted octanol–water partition coefficient (Wildman–Crippen LogP) is 22.4. The standard InChI is InChI=1S/C86H52N6S2/c1-3-17-53(18-4-1)81-87-83(91-85(89-81)69-27-11-7-21-61(69)59-41-45-77-71(49-59)63-23-13-15-29-75(63)93-77)55-35-31-51(32-36-55)57-39-43-67-73(47-57)79-65-25-9-10-26-66(65)80(67)74-48-58(40-44-68(74)79)52-33-37-56(38-34-52)84-88-82(54-19-5-2-6-20-54)90-86(92-84)70-28-12-8-22-62(70)60-42-46-78-72(50-60)64-24-14-16-30-76(64)94-78/h1-50,79-80H. The van der Waals surface area contributed by atoms with Gasteiger partial charge in [0, 0.05) is 85.6 Å². The van der Waals surface area contributed by atoms with Gasteiger partial charge in [-0.1, -0.05) is 255 Å². The summed E-state index contributed by atoms with van der Waals surface area (Å²) < 4.78 is 5.12. The largest absolute Gasteiger partial charge is 0.208 e. The summed E-state index contributed by atoms with van der Waals surface area (Å²) in [5, 5.41) is 5.06. The first kappa shape index (κ1) is 54.1. The molecule has 0 fully saturated rings. The molecule has 17 aromatic rings. The number of benzene rings is 13. The molecule has 4 aromatic heterocycles. The van der Waals surface area contributed by atoms with Gasteiger partial charge in [0.15, 0.2) is 34.9 Å². The second kappa shape index (κ2) is 22.0. The van der Waals surface area contributed by atoms with E-state index in [-0.39, 0.29) is 11.8 Å². The molecule has 94 heavy (non-hydrogen) atoms. The van der Waals surface area contributed by atoms with Gasteiger partial charge in [-0.3, -0.25) is 0 Å². The predicted molar refractivity (Wildman–Crippen MR) is 388 cm³/mol. The fourth-order valence-corrected chi connectivity index (χ4v) is 16.7. The third kappa shape index (κ3) is 9.13. The quantitative estimate of drug-likeness (QED) is 0.136. The molecule has 0 N–H and O–H groups in total. The summed E-state index contributed by atoms with van der Waals surface area (Å²) in [6, 6.07) is 109. The Labute approximate surface area is 550 Å². The van der Waals surface area contributed by atoms with Crippen molar-refractivity contribution in [1.82, 2.24) is 29.9 Å². The van der Waals surface area contributed by atoms with Gasteiger partial charge in [-0.15, -0.1) is 22.7 Å². The van der Waals surface area contributed by atoms with Crippen molar-refractivity contribution in [1.29, 1.82) is 0 Å². The lowest BCUT2D eigenvalue weighted by atomic mass is 9.60. The fraction of sp³-hybridized carbons (Fsp3) is 0.0233. The number of rotatable bonds is 10. The molecule has 0 radical (unpaired) electrons. The number of thiophene rings is 2. The second-order valence-corrected chi connectivity index (χ2v) is 26.6. The normalized spacial score (nSPS) is 13.7. The first-order valence-corrected chi connectivity index (χ1v) is 33.4. The molecular formula is C86H52N6S2. The van der Waals surface area contributed by atoms with Gasteiger partial charge in [0.25, 0.3) is 0 Å². The van der Waals surface area contributed by atoms with Crippen molar-refractivity contribution in [3.63, 3.8) is 0 Å². The van der Waals surface area contributed by atoms with E-state index in [1.54, 1.807) is 0 Å². The van der Waals surface area contributed by atoms with Crippen LogP contribution in [0, 0.1) is 0 Å². The van der Waals surface area contributed by atoms with E-state index in [0.29, 0.717) is 34.9 Å². The topological polar surface area (TPSA) is 77.3 Å². The zero-order valence-electron chi connectivity index (χ0n) is 50.5. The minimum absolute atomic E-state index is 0.0941. The maximum atomic E-state index is 5.28. The molecule has 8 heteroatoms. The summed E-state index contributed by atoms with van der Waals surface area (Å²) >= 11 is 3.66. The van der Waals surface area contributed by atoms with Crippen LogP contribution in [-0.2, 0) is 0 Å². The molecule has 2 bridgehead atoms. The number of hydrogen-bond donors (Lipinski definition) is 0. The Morgan fingerprint density at radius 3 is 0.904 bits per heavy atom. The molecule has 3 aliphatic rings. The summed E-state index contributed by atoms with van der Waals surface area (Å²) in [6.45, 7) is 0. The van der Waals surface area contributed by atoms with Gasteiger partial charge < -0.3 is 0 Å². The summed E-state index contributed by atoms with van der Waals surface area (Å²) in [6.07, 6.45) is 0. The maximum Gasteiger partial charge on any atom is 0.164 e. The minimum atomic E-state index is 0.0941. The fourth-order valence-electron chi connectivity index (χ4n) is 14.5. The summed E-state index contributed by atoms with van der Waals surface area (Å²) in [7, 11) is 0. The molecule has 438 valence electrons. The molecule has 4 heterocycles. The molecular weight excluding hydrogens is 1180 g/mol. The van der Waals surface area contributed by atoms with Crippen LogP contribution in [0.4, 0.5) is 0 Å². The summed E-state index contributed by atoms with van der Waals surface area (Å²) in [4.78, 5) is 31.3. The SMILES string of the molecule is c1ccc(-c2nc(-c3ccc(-c4ccc5c(c4)C4c6ccccc6C5c5cc(-c6ccc(-c7nc(-c8ccccc8)nc(-c8ccccc8-c8ccc9sc%10ccccc%10c9c8)n7)cc6)ccc54)cc3)nc(-c3ccccc3-c3ccc4sc5ccccc5c4c3)n2)cc1. The smallest absolute Gasteiger partial charge is 0.164 e. The maximum absolute atomic E-state index is 5.28. The Kier molecular flexibility index (Phi) is 12.7. The summed E-state index contributed by atoms with van der Waals surface area (Å²) in [5.74, 6) is 3.97. The lowest BCUT2D eigenvalue weighted by Crippen LogP contribution is -2.27. The van der Waals surface area contributed by atoms with Crippen LogP contribution in [0.25, 0.3) is 153 Å². The molecule has 0 amide bonds. The third-order valence-electron chi connectivity index (χ3n) is 19.0. The molecule has 0 saturated carbocycles. The van der Waals surface area contributed by atoms with Gasteiger partial charge in [0.2, 0.25) is 0 Å². The van der Waals surface area contributed by atoms with Crippen LogP contribution < -0.4 is 0 Å². The van der Waals surface area contributed by atoms with Crippen molar-refractivity contribution in [2.24, 2.45) is 0 Å². The highest BCUT2D eigenvalue weighted by atomic mass is 32.1. The zero-order valence-corrected chi connectivity index (χ0v) is 52.2. The Bertz CT molecular complexity index is 5520. The number of fused-ring (bicyclic) bond motifs is 6. The highest BCUT2D eigenvalue weighted by molar-refractivity contribution is 7.26. The van der Waals surface area contributed by atoms with Gasteiger partial charge >= 0.3 is 0 Å². The molecule has 6 nitrogen and oxygen atoms in total. The zero-order chi connectivity index (χ0) is 61.8. The molecule has 2 unspecified atom stereocenters. The van der Waals surface area contributed by atoms with E-state index in [4.69, 9.17) is 29.9 Å². The van der Waals surface area contributed by atoms with Crippen LogP contribution >= 0.6 is 22.7 Å². The van der Waals surface area contributed by atoms with Crippen LogP contribution in [0.15, 0.2) is 303 Å². The molecule has 2 atom stereocenters. The molecule has 3 aliphatic carbocycles. The Morgan fingerprint density at radius 1 is 0.181 bits per heavy atom. The van der Waals surface area contributed by atoms with E-state index in [0.717, 1.165) is 66.8 Å². The van der Waals surface area contributed by atoms with Crippen LogP contribution in [0.2, 0.25) is 0 Å². The average molecular weight is 1230 g/mol. The van der Waals surface area contributed by atoms with Crippen molar-refractivity contribution < 1.29 is 0 Å². The first-order chi connectivity index (χ1) is 46.5. The Hall–Kier alpha value is -11.7.